The summed E-state index contributed by atoms with van der Waals surface area (Å²) >= 11 is 0. The Morgan fingerprint density at radius 2 is 1.52 bits per heavy atom. The number of fused-ring (bicyclic) bond motifs is 1. The SMILES string of the molecule is O=C(Oc1cccc2c1CC[C@H]2C(OCC(F)(F)F)OCC(F)(F)F)c1ccccc1. The largest absolute Gasteiger partial charge is 0.423 e. The van der Waals surface area contributed by atoms with Crippen LogP contribution in [0, 0.1) is 0 Å². The Morgan fingerprint density at radius 3 is 2.10 bits per heavy atom. The first-order valence-corrected chi connectivity index (χ1v) is 9.29. The Bertz CT molecular complexity index is 877. The molecule has 10 heteroatoms. The van der Waals surface area contributed by atoms with Crippen LogP contribution in [0.5, 0.6) is 5.75 Å². The number of halogens is 6. The van der Waals surface area contributed by atoms with Crippen molar-refractivity contribution in [1.82, 2.24) is 0 Å². The average molecular weight is 448 g/mol. The Morgan fingerprint density at radius 1 is 0.903 bits per heavy atom. The third-order valence-corrected chi connectivity index (χ3v) is 4.64. The molecule has 168 valence electrons. The summed E-state index contributed by atoms with van der Waals surface area (Å²) in [7, 11) is 0. The van der Waals surface area contributed by atoms with E-state index in [2.05, 4.69) is 9.47 Å². The summed E-state index contributed by atoms with van der Waals surface area (Å²) in [5, 5.41) is 0. The van der Waals surface area contributed by atoms with Gasteiger partial charge in [0, 0.05) is 5.92 Å². The highest BCUT2D eigenvalue weighted by atomic mass is 19.4. The van der Waals surface area contributed by atoms with Crippen molar-refractivity contribution in [2.24, 2.45) is 0 Å². The molecule has 1 atom stereocenters. The van der Waals surface area contributed by atoms with Gasteiger partial charge >= 0.3 is 18.3 Å². The van der Waals surface area contributed by atoms with Crippen LogP contribution in [-0.4, -0.2) is 37.8 Å². The van der Waals surface area contributed by atoms with E-state index < -0.39 is 43.7 Å². The van der Waals surface area contributed by atoms with E-state index in [4.69, 9.17) is 4.74 Å². The molecule has 0 heterocycles. The normalized spacial score (nSPS) is 16.4. The third kappa shape index (κ3) is 6.44. The molecular formula is C21H18F6O4. The van der Waals surface area contributed by atoms with E-state index in [-0.39, 0.29) is 18.6 Å². The average Bonchev–Trinajstić information content (AvgIpc) is 3.12. The molecule has 0 bridgehead atoms. The standard InChI is InChI=1S/C21H18F6O4/c22-20(23,24)11-29-19(30-12-21(25,26)27)16-10-9-15-14(16)7-4-8-17(15)31-18(28)13-5-2-1-3-6-13/h1-8,16,19H,9-12H2/t16-/m1/s1. The van der Waals surface area contributed by atoms with Crippen molar-refractivity contribution >= 4 is 5.97 Å². The highest BCUT2D eigenvalue weighted by Crippen LogP contribution is 2.42. The van der Waals surface area contributed by atoms with Crippen molar-refractivity contribution in [2.75, 3.05) is 13.2 Å². The monoisotopic (exact) mass is 448 g/mol. The summed E-state index contributed by atoms with van der Waals surface area (Å²) in [6.07, 6.45) is -10.8. The molecular weight excluding hydrogens is 430 g/mol. The maximum Gasteiger partial charge on any atom is 0.411 e. The number of benzene rings is 2. The van der Waals surface area contributed by atoms with Crippen LogP contribution < -0.4 is 4.74 Å². The number of hydrogen-bond acceptors (Lipinski definition) is 4. The molecule has 2 aromatic carbocycles. The van der Waals surface area contributed by atoms with Crippen LogP contribution in [0.1, 0.15) is 33.8 Å². The number of carbonyl (C=O) groups is 1. The van der Waals surface area contributed by atoms with Gasteiger partial charge in [-0.1, -0.05) is 30.3 Å². The van der Waals surface area contributed by atoms with Crippen molar-refractivity contribution in [3.8, 4) is 5.75 Å². The second-order valence-electron chi connectivity index (χ2n) is 6.95. The second-order valence-corrected chi connectivity index (χ2v) is 6.95. The maximum absolute atomic E-state index is 12.6. The first-order valence-electron chi connectivity index (χ1n) is 9.29. The Kier molecular flexibility index (Phi) is 6.90. The van der Waals surface area contributed by atoms with Crippen LogP contribution >= 0.6 is 0 Å². The molecule has 0 fully saturated rings. The Hall–Kier alpha value is -2.59. The summed E-state index contributed by atoms with van der Waals surface area (Å²) < 4.78 is 90.3. The molecule has 2 aromatic rings. The first kappa shape index (κ1) is 23.1. The molecule has 0 aliphatic heterocycles. The minimum atomic E-state index is -4.73. The third-order valence-electron chi connectivity index (χ3n) is 4.64. The minimum Gasteiger partial charge on any atom is -0.423 e. The zero-order chi connectivity index (χ0) is 22.6. The predicted octanol–water partition coefficient (Wildman–Crippen LogP) is 5.42. The van der Waals surface area contributed by atoms with E-state index in [1.165, 1.54) is 12.1 Å². The van der Waals surface area contributed by atoms with Crippen LogP contribution in [0.3, 0.4) is 0 Å². The molecule has 31 heavy (non-hydrogen) atoms. The topological polar surface area (TPSA) is 44.8 Å². The van der Waals surface area contributed by atoms with Crippen molar-refractivity contribution in [2.45, 2.75) is 37.4 Å². The molecule has 0 saturated carbocycles. The molecule has 1 aliphatic carbocycles. The van der Waals surface area contributed by atoms with Crippen molar-refractivity contribution < 1.29 is 45.3 Å². The van der Waals surface area contributed by atoms with E-state index in [1.54, 1.807) is 36.4 Å². The number of ether oxygens (including phenoxy) is 3. The first-order chi connectivity index (χ1) is 14.5. The lowest BCUT2D eigenvalue weighted by molar-refractivity contribution is -0.264. The van der Waals surface area contributed by atoms with Gasteiger partial charge in [-0.15, -0.1) is 0 Å². The number of carbonyl (C=O) groups excluding carboxylic acids is 1. The lowest BCUT2D eigenvalue weighted by Gasteiger charge is -2.26. The summed E-state index contributed by atoms with van der Waals surface area (Å²) in [5.41, 5.74) is 1.25. The van der Waals surface area contributed by atoms with Gasteiger partial charge < -0.3 is 14.2 Å². The molecule has 0 N–H and O–H groups in total. The van der Waals surface area contributed by atoms with Gasteiger partial charge in [0.05, 0.1) is 5.56 Å². The fourth-order valence-electron chi connectivity index (χ4n) is 3.40. The highest BCUT2D eigenvalue weighted by molar-refractivity contribution is 5.91. The fourth-order valence-corrected chi connectivity index (χ4v) is 3.40. The molecule has 0 aromatic heterocycles. The van der Waals surface area contributed by atoms with Crippen molar-refractivity contribution in [3.63, 3.8) is 0 Å². The summed E-state index contributed by atoms with van der Waals surface area (Å²) in [6.45, 7) is -3.49. The van der Waals surface area contributed by atoms with E-state index in [0.717, 1.165) is 0 Å². The molecule has 0 amide bonds. The molecule has 0 saturated heterocycles. The minimum absolute atomic E-state index is 0.176. The molecule has 3 rings (SSSR count). The summed E-state index contributed by atoms with van der Waals surface area (Å²) in [4.78, 5) is 12.3. The highest BCUT2D eigenvalue weighted by Gasteiger charge is 2.39. The van der Waals surface area contributed by atoms with Crippen LogP contribution in [0.15, 0.2) is 48.5 Å². The molecule has 0 unspecified atom stereocenters. The number of rotatable bonds is 7. The lowest BCUT2D eigenvalue weighted by atomic mass is 10.0. The van der Waals surface area contributed by atoms with E-state index in [0.29, 0.717) is 16.7 Å². The summed E-state index contributed by atoms with van der Waals surface area (Å²) in [5.74, 6) is -1.31. The van der Waals surface area contributed by atoms with Crippen LogP contribution in [0.2, 0.25) is 0 Å². The zero-order valence-corrected chi connectivity index (χ0v) is 16.0. The van der Waals surface area contributed by atoms with Crippen molar-refractivity contribution in [3.05, 3.63) is 65.2 Å². The Labute approximate surface area is 173 Å². The lowest BCUT2D eigenvalue weighted by Crippen LogP contribution is -2.33. The molecule has 4 nitrogen and oxygen atoms in total. The van der Waals surface area contributed by atoms with Gasteiger partial charge in [-0.25, -0.2) is 4.79 Å². The number of esters is 1. The summed E-state index contributed by atoms with van der Waals surface area (Å²) in [6, 6.07) is 12.7. The molecule has 1 aliphatic rings. The second kappa shape index (κ2) is 9.27. The van der Waals surface area contributed by atoms with Gasteiger partial charge in [0.25, 0.3) is 0 Å². The van der Waals surface area contributed by atoms with E-state index in [9.17, 15) is 31.1 Å². The predicted molar refractivity (Wildman–Crippen MR) is 96.7 cm³/mol. The quantitative estimate of drug-likeness (QED) is 0.246. The number of hydrogen-bond donors (Lipinski definition) is 0. The number of alkyl halides is 6. The van der Waals surface area contributed by atoms with Gasteiger partial charge in [-0.2, -0.15) is 26.3 Å². The van der Waals surface area contributed by atoms with Gasteiger partial charge in [0.1, 0.15) is 19.0 Å². The van der Waals surface area contributed by atoms with Gasteiger partial charge in [-0.3, -0.25) is 0 Å². The van der Waals surface area contributed by atoms with Crippen molar-refractivity contribution in [1.29, 1.82) is 0 Å². The maximum atomic E-state index is 12.6. The molecule has 0 spiro atoms. The van der Waals surface area contributed by atoms with Gasteiger partial charge in [0.2, 0.25) is 0 Å². The smallest absolute Gasteiger partial charge is 0.411 e. The fraction of sp³-hybridized carbons (Fsp3) is 0.381. The van der Waals surface area contributed by atoms with Crippen LogP contribution in [0.25, 0.3) is 0 Å². The van der Waals surface area contributed by atoms with Gasteiger partial charge in [-0.05, 0) is 42.2 Å². The zero-order valence-electron chi connectivity index (χ0n) is 16.0. The Balaban J connectivity index is 1.80. The van der Waals surface area contributed by atoms with E-state index in [1.807, 2.05) is 0 Å². The van der Waals surface area contributed by atoms with E-state index >= 15 is 0 Å². The van der Waals surface area contributed by atoms with Gasteiger partial charge in [0.15, 0.2) is 6.29 Å². The molecule has 0 radical (unpaired) electrons. The van der Waals surface area contributed by atoms with Crippen LogP contribution in [-0.2, 0) is 15.9 Å². The van der Waals surface area contributed by atoms with Crippen LogP contribution in [0.4, 0.5) is 26.3 Å².